The Balaban J connectivity index is 1.64. The number of nitrogens with one attached hydrogen (secondary N) is 1. The molecular weight excluding hydrogens is 328 g/mol. The number of halogens is 1. The molecule has 22 heavy (non-hydrogen) atoms. The standard InChI is InChI=1S/C14H15ClN2O4S/c15-10-1-3-11(4-2-10)22-8-5-13(19)21-9-12(18)17-7-6-16-14(17)20/h1-4H,5-9H2,(H,16,20). The van der Waals surface area contributed by atoms with Crippen LogP contribution in [-0.2, 0) is 14.3 Å². The molecule has 0 saturated carbocycles. The number of benzene rings is 1. The van der Waals surface area contributed by atoms with Gasteiger partial charge in [0.15, 0.2) is 6.61 Å². The average molecular weight is 343 g/mol. The molecule has 6 nitrogen and oxygen atoms in total. The van der Waals surface area contributed by atoms with Crippen LogP contribution in [-0.4, -0.2) is 48.3 Å². The summed E-state index contributed by atoms with van der Waals surface area (Å²) in [6, 6.07) is 6.85. The molecule has 1 fully saturated rings. The van der Waals surface area contributed by atoms with Crippen LogP contribution < -0.4 is 5.32 Å². The minimum atomic E-state index is -0.506. The minimum Gasteiger partial charge on any atom is -0.456 e. The Morgan fingerprint density at radius 3 is 2.68 bits per heavy atom. The SMILES string of the molecule is O=C(CCSc1ccc(Cl)cc1)OCC(=O)N1CCNC1=O. The number of hydrogen-bond donors (Lipinski definition) is 1. The van der Waals surface area contributed by atoms with E-state index in [9.17, 15) is 14.4 Å². The number of rotatable bonds is 6. The predicted molar refractivity (Wildman–Crippen MR) is 82.9 cm³/mol. The van der Waals surface area contributed by atoms with Crippen LogP contribution in [0.5, 0.6) is 0 Å². The van der Waals surface area contributed by atoms with E-state index in [1.165, 1.54) is 11.8 Å². The Labute approximate surface area is 137 Å². The number of ether oxygens (including phenoxy) is 1. The monoisotopic (exact) mass is 342 g/mol. The summed E-state index contributed by atoms with van der Waals surface area (Å²) in [5, 5.41) is 3.17. The molecule has 0 atom stereocenters. The van der Waals surface area contributed by atoms with Crippen molar-refractivity contribution in [2.75, 3.05) is 25.4 Å². The number of nitrogens with zero attached hydrogens (tertiary/aromatic N) is 1. The van der Waals surface area contributed by atoms with E-state index in [1.54, 1.807) is 12.1 Å². The summed E-state index contributed by atoms with van der Waals surface area (Å²) in [6.07, 6.45) is 0.187. The van der Waals surface area contributed by atoms with Gasteiger partial charge in [0.2, 0.25) is 0 Å². The van der Waals surface area contributed by atoms with E-state index >= 15 is 0 Å². The molecule has 1 aromatic rings. The molecule has 1 N–H and O–H groups in total. The van der Waals surface area contributed by atoms with Crippen molar-refractivity contribution in [3.05, 3.63) is 29.3 Å². The van der Waals surface area contributed by atoms with Gasteiger partial charge in [0, 0.05) is 28.8 Å². The average Bonchev–Trinajstić information content (AvgIpc) is 2.93. The van der Waals surface area contributed by atoms with Gasteiger partial charge in [-0.2, -0.15) is 0 Å². The van der Waals surface area contributed by atoms with Crippen molar-refractivity contribution >= 4 is 41.3 Å². The zero-order valence-electron chi connectivity index (χ0n) is 11.7. The molecule has 118 valence electrons. The molecule has 1 aliphatic rings. The molecule has 0 aromatic heterocycles. The van der Waals surface area contributed by atoms with E-state index in [0.717, 1.165) is 9.80 Å². The van der Waals surface area contributed by atoms with Gasteiger partial charge in [-0.3, -0.25) is 14.5 Å². The normalized spacial score (nSPS) is 13.9. The van der Waals surface area contributed by atoms with E-state index in [1.807, 2.05) is 12.1 Å². The van der Waals surface area contributed by atoms with Gasteiger partial charge in [-0.25, -0.2) is 4.79 Å². The number of carbonyl (C=O) groups is 3. The van der Waals surface area contributed by atoms with Gasteiger partial charge in [0.1, 0.15) is 0 Å². The van der Waals surface area contributed by atoms with Gasteiger partial charge in [-0.1, -0.05) is 11.6 Å². The largest absolute Gasteiger partial charge is 0.456 e. The molecule has 0 radical (unpaired) electrons. The summed E-state index contributed by atoms with van der Waals surface area (Å²) in [5.41, 5.74) is 0. The molecule has 1 saturated heterocycles. The van der Waals surface area contributed by atoms with Crippen LogP contribution in [0.15, 0.2) is 29.2 Å². The van der Waals surface area contributed by atoms with Crippen molar-refractivity contribution in [1.82, 2.24) is 10.2 Å². The lowest BCUT2D eigenvalue weighted by Crippen LogP contribution is -2.37. The number of hydrogen-bond acceptors (Lipinski definition) is 5. The van der Waals surface area contributed by atoms with Crippen LogP contribution in [0.2, 0.25) is 5.02 Å². The molecule has 1 aliphatic heterocycles. The van der Waals surface area contributed by atoms with Crippen LogP contribution in [0.3, 0.4) is 0 Å². The minimum absolute atomic E-state index is 0.187. The smallest absolute Gasteiger partial charge is 0.324 e. The fourth-order valence-electron chi connectivity index (χ4n) is 1.78. The maximum atomic E-state index is 11.7. The van der Waals surface area contributed by atoms with E-state index in [2.05, 4.69) is 5.32 Å². The maximum absolute atomic E-state index is 11.7. The van der Waals surface area contributed by atoms with Crippen molar-refractivity contribution in [3.63, 3.8) is 0 Å². The van der Waals surface area contributed by atoms with Gasteiger partial charge in [0.25, 0.3) is 5.91 Å². The Morgan fingerprint density at radius 1 is 1.32 bits per heavy atom. The first-order valence-corrected chi connectivity index (χ1v) is 8.05. The zero-order valence-corrected chi connectivity index (χ0v) is 13.3. The second-order valence-corrected chi connectivity index (χ2v) is 6.10. The molecule has 0 spiro atoms. The van der Waals surface area contributed by atoms with E-state index in [0.29, 0.717) is 23.9 Å². The van der Waals surface area contributed by atoms with Crippen molar-refractivity contribution in [1.29, 1.82) is 0 Å². The lowest BCUT2D eigenvalue weighted by atomic mass is 10.4. The quantitative estimate of drug-likeness (QED) is 0.631. The molecule has 3 amide bonds. The number of carbonyl (C=O) groups excluding carboxylic acids is 3. The third-order valence-electron chi connectivity index (χ3n) is 2.90. The third kappa shape index (κ3) is 4.92. The molecule has 1 heterocycles. The van der Waals surface area contributed by atoms with Crippen molar-refractivity contribution in [2.24, 2.45) is 0 Å². The van der Waals surface area contributed by atoms with Crippen molar-refractivity contribution in [2.45, 2.75) is 11.3 Å². The van der Waals surface area contributed by atoms with Crippen LogP contribution in [0, 0.1) is 0 Å². The topological polar surface area (TPSA) is 75.7 Å². The second-order valence-electron chi connectivity index (χ2n) is 4.49. The van der Waals surface area contributed by atoms with Gasteiger partial charge in [0.05, 0.1) is 6.42 Å². The molecule has 0 bridgehead atoms. The number of esters is 1. The lowest BCUT2D eigenvalue weighted by Gasteiger charge is -2.12. The highest BCUT2D eigenvalue weighted by atomic mass is 35.5. The van der Waals surface area contributed by atoms with E-state index in [4.69, 9.17) is 16.3 Å². The number of urea groups is 1. The Hall–Kier alpha value is -1.73. The van der Waals surface area contributed by atoms with Gasteiger partial charge < -0.3 is 10.1 Å². The van der Waals surface area contributed by atoms with Crippen LogP contribution >= 0.6 is 23.4 Å². The summed E-state index contributed by atoms with van der Waals surface area (Å²) in [5.74, 6) is -0.429. The Bertz CT molecular complexity index is 564. The summed E-state index contributed by atoms with van der Waals surface area (Å²) < 4.78 is 4.88. The third-order valence-corrected chi connectivity index (χ3v) is 4.17. The van der Waals surface area contributed by atoms with Gasteiger partial charge in [-0.15, -0.1) is 11.8 Å². The van der Waals surface area contributed by atoms with Gasteiger partial charge >= 0.3 is 12.0 Å². The van der Waals surface area contributed by atoms with Crippen LogP contribution in [0.4, 0.5) is 4.79 Å². The molecule has 0 unspecified atom stereocenters. The van der Waals surface area contributed by atoms with E-state index in [-0.39, 0.29) is 6.42 Å². The summed E-state index contributed by atoms with van der Waals surface area (Å²) in [4.78, 5) is 36.5. The first-order valence-electron chi connectivity index (χ1n) is 6.68. The van der Waals surface area contributed by atoms with Crippen molar-refractivity contribution in [3.8, 4) is 0 Å². The highest BCUT2D eigenvalue weighted by molar-refractivity contribution is 7.99. The molecule has 8 heteroatoms. The fourth-order valence-corrected chi connectivity index (χ4v) is 2.74. The van der Waals surface area contributed by atoms with Gasteiger partial charge in [-0.05, 0) is 24.3 Å². The van der Waals surface area contributed by atoms with E-state index < -0.39 is 24.5 Å². The highest BCUT2D eigenvalue weighted by Crippen LogP contribution is 2.20. The fraction of sp³-hybridized carbons (Fsp3) is 0.357. The molecule has 1 aromatic carbocycles. The Morgan fingerprint density at radius 2 is 2.05 bits per heavy atom. The van der Waals surface area contributed by atoms with Crippen LogP contribution in [0.1, 0.15) is 6.42 Å². The number of amides is 3. The number of imide groups is 1. The maximum Gasteiger partial charge on any atom is 0.324 e. The van der Waals surface area contributed by atoms with Crippen molar-refractivity contribution < 1.29 is 19.1 Å². The summed E-state index contributed by atoms with van der Waals surface area (Å²) >= 11 is 7.28. The first kappa shape index (κ1) is 16.6. The Kier molecular flexibility index (Phi) is 6.09. The molecular formula is C14H15ClN2O4S. The predicted octanol–water partition coefficient (Wildman–Crippen LogP) is 1.92. The van der Waals surface area contributed by atoms with Crippen LogP contribution in [0.25, 0.3) is 0 Å². The lowest BCUT2D eigenvalue weighted by molar-refractivity contribution is -0.150. The molecule has 2 rings (SSSR count). The molecule has 0 aliphatic carbocycles. The summed E-state index contributed by atoms with van der Waals surface area (Å²) in [7, 11) is 0. The first-order chi connectivity index (χ1) is 10.6. The summed E-state index contributed by atoms with van der Waals surface area (Å²) in [6.45, 7) is 0.329. The second kappa shape index (κ2) is 8.05. The number of thioether (sulfide) groups is 1. The zero-order chi connectivity index (χ0) is 15.9. The highest BCUT2D eigenvalue weighted by Gasteiger charge is 2.26.